The Morgan fingerprint density at radius 3 is 2.16 bits per heavy atom. The highest BCUT2D eigenvalue weighted by Crippen LogP contribution is 2.19. The number of amides is 1. The van der Waals surface area contributed by atoms with Crippen LogP contribution in [0.2, 0.25) is 0 Å². The first kappa shape index (κ1) is 21.3. The minimum Gasteiger partial charge on any atom is -0.490 e. The van der Waals surface area contributed by atoms with E-state index in [2.05, 4.69) is 5.32 Å². The molecule has 0 aliphatic carbocycles. The first-order valence-corrected chi connectivity index (χ1v) is 8.90. The number of hydrogen-bond donors (Lipinski definition) is 3. The lowest BCUT2D eigenvalue weighted by Gasteiger charge is -2.10. The summed E-state index contributed by atoms with van der Waals surface area (Å²) in [5.41, 5.74) is 0. The average molecular weight is 376 g/mol. The molecule has 10 heteroatoms. The van der Waals surface area contributed by atoms with Crippen LogP contribution in [0.15, 0.2) is 29.2 Å². The van der Waals surface area contributed by atoms with Crippen molar-refractivity contribution in [3.63, 3.8) is 0 Å². The quantitative estimate of drug-likeness (QED) is 0.400. The van der Waals surface area contributed by atoms with Gasteiger partial charge in [0.05, 0.1) is 44.5 Å². The minimum absolute atomic E-state index is 0.249. The molecule has 0 saturated carbocycles. The third-order valence-corrected chi connectivity index (χ3v) is 3.59. The molecule has 1 amide bonds. The number of benzene rings is 1. The molecule has 1 atom stereocenters. The van der Waals surface area contributed by atoms with Crippen LogP contribution in [-0.2, 0) is 25.2 Å². The van der Waals surface area contributed by atoms with Crippen LogP contribution in [-0.4, -0.2) is 68.2 Å². The summed E-state index contributed by atoms with van der Waals surface area (Å²) in [6, 6.07) is 6.88. The lowest BCUT2D eigenvalue weighted by Crippen LogP contribution is -2.25. The Labute approximate surface area is 149 Å². The number of nitrogens with two attached hydrogens (primary N) is 1. The van der Waals surface area contributed by atoms with E-state index in [0.29, 0.717) is 56.9 Å². The van der Waals surface area contributed by atoms with Crippen molar-refractivity contribution in [3.8, 4) is 5.75 Å². The van der Waals surface area contributed by atoms with Crippen molar-refractivity contribution < 1.29 is 33.1 Å². The number of ether oxygens (including phenoxy) is 4. The Hall–Kier alpha value is -1.72. The lowest BCUT2D eigenvalue weighted by molar-refractivity contribution is 0.00978. The summed E-state index contributed by atoms with van der Waals surface area (Å²) in [4.78, 5) is 10.6. The fourth-order valence-corrected chi connectivity index (χ4v) is 2.26. The second-order valence-electron chi connectivity index (χ2n) is 4.66. The highest BCUT2D eigenvalue weighted by Gasteiger charge is 2.06. The second kappa shape index (κ2) is 13.6. The van der Waals surface area contributed by atoms with Crippen LogP contribution in [0.4, 0.5) is 4.79 Å². The smallest absolute Gasteiger partial charge is 0.404 e. The largest absolute Gasteiger partial charge is 0.490 e. The molecule has 0 aliphatic heterocycles. The Morgan fingerprint density at radius 1 is 1.00 bits per heavy atom. The van der Waals surface area contributed by atoms with Gasteiger partial charge >= 0.3 is 6.09 Å². The van der Waals surface area contributed by atoms with E-state index in [0.717, 1.165) is 0 Å². The van der Waals surface area contributed by atoms with E-state index >= 15 is 0 Å². The van der Waals surface area contributed by atoms with Gasteiger partial charge in [-0.1, -0.05) is 12.1 Å². The second-order valence-corrected chi connectivity index (χ2v) is 5.70. The van der Waals surface area contributed by atoms with E-state index in [1.54, 1.807) is 24.3 Å². The Balaban J connectivity index is 1.93. The van der Waals surface area contributed by atoms with E-state index in [-0.39, 0.29) is 6.54 Å². The molecule has 142 valence electrons. The average Bonchev–Trinajstić information content (AvgIpc) is 2.59. The van der Waals surface area contributed by atoms with E-state index < -0.39 is 17.1 Å². The zero-order valence-corrected chi connectivity index (χ0v) is 14.7. The molecule has 25 heavy (non-hydrogen) atoms. The van der Waals surface area contributed by atoms with Crippen LogP contribution >= 0.6 is 0 Å². The first-order chi connectivity index (χ1) is 12.1. The van der Waals surface area contributed by atoms with E-state index in [9.17, 15) is 9.00 Å². The third kappa shape index (κ3) is 10.7. The van der Waals surface area contributed by atoms with Gasteiger partial charge in [0.25, 0.3) is 0 Å². The van der Waals surface area contributed by atoms with Crippen LogP contribution in [0.3, 0.4) is 0 Å². The minimum atomic E-state index is -1.59. The highest BCUT2D eigenvalue weighted by molar-refractivity contribution is 7.82. The molecule has 0 fully saturated rings. The fourth-order valence-electron chi connectivity index (χ4n) is 1.72. The molecule has 0 bridgehead atoms. The number of nitrogens with one attached hydrogen (secondary N) is 1. The highest BCUT2D eigenvalue weighted by atomic mass is 32.2. The molecule has 0 aromatic heterocycles. The molecule has 0 aliphatic rings. The molecule has 1 aromatic carbocycles. The lowest BCUT2D eigenvalue weighted by atomic mass is 10.3. The van der Waals surface area contributed by atoms with Crippen LogP contribution in [0.1, 0.15) is 0 Å². The summed E-state index contributed by atoms with van der Waals surface area (Å²) in [6.45, 7) is 2.85. The van der Waals surface area contributed by atoms with Crippen molar-refractivity contribution in [2.45, 2.75) is 4.90 Å². The van der Waals surface area contributed by atoms with Gasteiger partial charge < -0.3 is 29.4 Å². The SMILES string of the molecule is NS(=O)c1ccccc1OCCOCCOCCOCCNC(=O)O. The van der Waals surface area contributed by atoms with Crippen molar-refractivity contribution in [3.05, 3.63) is 24.3 Å². The Kier molecular flexibility index (Phi) is 11.6. The number of para-hydroxylation sites is 1. The fraction of sp³-hybridized carbons (Fsp3) is 0.533. The van der Waals surface area contributed by atoms with Crippen molar-refractivity contribution in [1.29, 1.82) is 0 Å². The van der Waals surface area contributed by atoms with Crippen LogP contribution in [0.5, 0.6) is 5.75 Å². The van der Waals surface area contributed by atoms with Crippen LogP contribution < -0.4 is 15.2 Å². The van der Waals surface area contributed by atoms with Crippen LogP contribution in [0, 0.1) is 0 Å². The maximum Gasteiger partial charge on any atom is 0.404 e. The van der Waals surface area contributed by atoms with E-state index in [4.69, 9.17) is 29.2 Å². The Bertz CT molecular complexity index is 530. The molecule has 1 unspecified atom stereocenters. The molecular formula is C15H24N2O7S. The first-order valence-electron chi connectivity index (χ1n) is 7.69. The monoisotopic (exact) mass is 376 g/mol. The number of carboxylic acid groups (broad SMARTS) is 1. The normalized spacial score (nSPS) is 11.9. The topological polar surface area (TPSA) is 129 Å². The zero-order chi connectivity index (χ0) is 18.3. The standard InChI is InChI=1S/C15H24N2O7S/c16-25(20)14-4-2-1-3-13(14)24-12-11-23-10-9-22-8-7-21-6-5-17-15(18)19/h1-4,17H,5-12,16H2,(H,18,19). The molecule has 1 rings (SSSR count). The number of carbonyl (C=O) groups is 1. The van der Waals surface area contributed by atoms with Gasteiger partial charge in [0.1, 0.15) is 23.3 Å². The maximum absolute atomic E-state index is 11.3. The van der Waals surface area contributed by atoms with Gasteiger partial charge in [0.2, 0.25) is 0 Å². The zero-order valence-electron chi connectivity index (χ0n) is 13.8. The summed E-state index contributed by atoms with van der Waals surface area (Å²) < 4.78 is 32.6. The van der Waals surface area contributed by atoms with Crippen molar-refractivity contribution >= 4 is 17.1 Å². The van der Waals surface area contributed by atoms with Gasteiger partial charge in [-0.05, 0) is 12.1 Å². The van der Waals surface area contributed by atoms with Gasteiger partial charge in [0, 0.05) is 6.54 Å². The van der Waals surface area contributed by atoms with Crippen molar-refractivity contribution in [2.75, 3.05) is 52.8 Å². The summed E-state index contributed by atoms with van der Waals surface area (Å²) in [6.07, 6.45) is -1.07. The number of hydrogen-bond acceptors (Lipinski definition) is 6. The molecular weight excluding hydrogens is 352 g/mol. The summed E-state index contributed by atoms with van der Waals surface area (Å²) in [5.74, 6) is 0.484. The van der Waals surface area contributed by atoms with E-state index in [1.807, 2.05) is 0 Å². The van der Waals surface area contributed by atoms with Gasteiger partial charge in [-0.3, -0.25) is 0 Å². The van der Waals surface area contributed by atoms with E-state index in [1.165, 1.54) is 0 Å². The van der Waals surface area contributed by atoms with Gasteiger partial charge in [-0.25, -0.2) is 14.1 Å². The van der Waals surface area contributed by atoms with Gasteiger partial charge in [-0.2, -0.15) is 0 Å². The molecule has 0 heterocycles. The van der Waals surface area contributed by atoms with Gasteiger partial charge in [-0.15, -0.1) is 0 Å². The molecule has 0 spiro atoms. The summed E-state index contributed by atoms with van der Waals surface area (Å²) in [5, 5.41) is 15.9. The number of rotatable bonds is 14. The Morgan fingerprint density at radius 2 is 1.56 bits per heavy atom. The molecule has 0 radical (unpaired) electrons. The third-order valence-electron chi connectivity index (χ3n) is 2.82. The molecule has 9 nitrogen and oxygen atoms in total. The maximum atomic E-state index is 11.3. The molecule has 4 N–H and O–H groups in total. The van der Waals surface area contributed by atoms with Crippen LogP contribution in [0.25, 0.3) is 0 Å². The molecule has 0 saturated heterocycles. The van der Waals surface area contributed by atoms with Crippen molar-refractivity contribution in [2.24, 2.45) is 5.14 Å². The summed E-state index contributed by atoms with van der Waals surface area (Å²) >= 11 is 0. The van der Waals surface area contributed by atoms with Crippen molar-refractivity contribution in [1.82, 2.24) is 5.32 Å². The molecule has 1 aromatic rings. The predicted molar refractivity (Wildman–Crippen MR) is 91.0 cm³/mol. The predicted octanol–water partition coefficient (Wildman–Crippen LogP) is 0.364. The van der Waals surface area contributed by atoms with Gasteiger partial charge in [0.15, 0.2) is 0 Å². The summed E-state index contributed by atoms with van der Waals surface area (Å²) in [7, 11) is -1.59.